The van der Waals surface area contributed by atoms with Gasteiger partial charge in [-0.25, -0.2) is 9.97 Å². The van der Waals surface area contributed by atoms with Crippen molar-refractivity contribution < 1.29 is 5.11 Å². The number of hydrogen-bond donors (Lipinski definition) is 2. The van der Waals surface area contributed by atoms with Crippen molar-refractivity contribution in [2.45, 2.75) is 25.9 Å². The van der Waals surface area contributed by atoms with Gasteiger partial charge in [-0.1, -0.05) is 0 Å². The van der Waals surface area contributed by atoms with E-state index in [1.54, 1.807) is 17.5 Å². The second kappa shape index (κ2) is 6.36. The van der Waals surface area contributed by atoms with Crippen LogP contribution in [0.3, 0.4) is 0 Å². The summed E-state index contributed by atoms with van der Waals surface area (Å²) in [6.45, 7) is 4.26. The molecule has 0 saturated carbocycles. The van der Waals surface area contributed by atoms with E-state index in [4.69, 9.17) is 0 Å². The number of rotatable bonds is 5. The van der Waals surface area contributed by atoms with Gasteiger partial charge in [0.1, 0.15) is 5.82 Å². The van der Waals surface area contributed by atoms with E-state index < -0.39 is 0 Å². The molecule has 112 valence electrons. The van der Waals surface area contributed by atoms with Crippen LogP contribution >= 0.6 is 11.3 Å². The van der Waals surface area contributed by atoms with Crippen molar-refractivity contribution in [3.63, 3.8) is 0 Å². The van der Waals surface area contributed by atoms with E-state index in [2.05, 4.69) is 30.5 Å². The van der Waals surface area contributed by atoms with Crippen LogP contribution in [0.25, 0.3) is 0 Å². The van der Waals surface area contributed by atoms with Gasteiger partial charge < -0.3 is 15.3 Å². The molecule has 0 aliphatic carbocycles. The highest BCUT2D eigenvalue weighted by Crippen LogP contribution is 2.18. The van der Waals surface area contributed by atoms with Gasteiger partial charge in [-0.3, -0.25) is 0 Å². The normalized spacial score (nSPS) is 18.2. The molecule has 1 atom stereocenters. The van der Waals surface area contributed by atoms with Gasteiger partial charge in [-0.15, -0.1) is 11.3 Å². The van der Waals surface area contributed by atoms with Gasteiger partial charge >= 0.3 is 0 Å². The van der Waals surface area contributed by atoms with Crippen LogP contribution in [0.15, 0.2) is 17.6 Å². The smallest absolute Gasteiger partial charge is 0.224 e. The molecule has 1 fully saturated rings. The maximum atomic E-state index is 9.59. The summed E-state index contributed by atoms with van der Waals surface area (Å²) in [4.78, 5) is 15.3. The zero-order valence-corrected chi connectivity index (χ0v) is 12.8. The van der Waals surface area contributed by atoms with Crippen LogP contribution in [0.5, 0.6) is 0 Å². The number of nitrogens with zero attached hydrogens (tertiary/aromatic N) is 4. The minimum Gasteiger partial charge on any atom is -0.391 e. The molecule has 3 heterocycles. The Kier molecular flexibility index (Phi) is 4.31. The van der Waals surface area contributed by atoms with E-state index in [0.717, 1.165) is 42.5 Å². The van der Waals surface area contributed by atoms with Gasteiger partial charge in [0.2, 0.25) is 5.95 Å². The highest BCUT2D eigenvalue weighted by molar-refractivity contribution is 7.09. The molecule has 2 N–H and O–H groups in total. The number of aliphatic hydroxyl groups is 1. The molecule has 6 nitrogen and oxygen atoms in total. The summed E-state index contributed by atoms with van der Waals surface area (Å²) in [5.41, 5.74) is 1.07. The van der Waals surface area contributed by atoms with Crippen molar-refractivity contribution in [2.75, 3.05) is 29.9 Å². The van der Waals surface area contributed by atoms with E-state index in [9.17, 15) is 5.11 Å². The molecule has 1 aliphatic heterocycles. The summed E-state index contributed by atoms with van der Waals surface area (Å²) in [6.07, 6.45) is 3.18. The number of hydrogen-bond acceptors (Lipinski definition) is 7. The lowest BCUT2D eigenvalue weighted by Gasteiger charge is -2.16. The third-order valence-corrected chi connectivity index (χ3v) is 4.44. The predicted octanol–water partition coefficient (Wildman–Crippen LogP) is 1.47. The highest BCUT2D eigenvalue weighted by atomic mass is 32.1. The Morgan fingerprint density at radius 3 is 3.10 bits per heavy atom. The number of anilines is 2. The number of β-amino-alcohol motifs (C(OH)–C–C–N with tert-alkyl or cyclic N) is 1. The highest BCUT2D eigenvalue weighted by Gasteiger charge is 2.21. The topological polar surface area (TPSA) is 74.2 Å². The minimum absolute atomic E-state index is 0.246. The first-order chi connectivity index (χ1) is 10.2. The molecule has 1 aliphatic rings. The molecule has 0 bridgehead atoms. The molecule has 2 aromatic heterocycles. The third-order valence-electron chi connectivity index (χ3n) is 3.42. The summed E-state index contributed by atoms with van der Waals surface area (Å²) < 4.78 is 0. The van der Waals surface area contributed by atoms with E-state index in [-0.39, 0.29) is 6.10 Å². The summed E-state index contributed by atoms with van der Waals surface area (Å²) >= 11 is 1.68. The van der Waals surface area contributed by atoms with Crippen molar-refractivity contribution in [1.29, 1.82) is 0 Å². The number of thiazole rings is 1. The van der Waals surface area contributed by atoms with Gasteiger partial charge in [-0.2, -0.15) is 4.98 Å². The Bertz CT molecular complexity index is 603. The second-order valence-electron chi connectivity index (χ2n) is 5.19. The lowest BCUT2D eigenvalue weighted by Crippen LogP contribution is -2.22. The number of aryl methyl sites for hydroxylation is 1. The molecule has 2 aromatic rings. The fourth-order valence-corrected chi connectivity index (χ4v) is 3.14. The van der Waals surface area contributed by atoms with E-state index in [1.165, 1.54) is 0 Å². The lowest BCUT2D eigenvalue weighted by molar-refractivity contribution is 0.198. The summed E-state index contributed by atoms with van der Waals surface area (Å²) in [5.74, 6) is 1.50. The van der Waals surface area contributed by atoms with Crippen molar-refractivity contribution in [2.24, 2.45) is 0 Å². The van der Waals surface area contributed by atoms with E-state index >= 15 is 0 Å². The Labute approximate surface area is 127 Å². The second-order valence-corrected chi connectivity index (χ2v) is 6.13. The molecule has 0 amide bonds. The molecular weight excluding hydrogens is 286 g/mol. The largest absolute Gasteiger partial charge is 0.391 e. The minimum atomic E-state index is -0.246. The van der Waals surface area contributed by atoms with Crippen LogP contribution in [0.1, 0.15) is 17.1 Å². The van der Waals surface area contributed by atoms with Gasteiger partial charge in [0.25, 0.3) is 0 Å². The zero-order chi connectivity index (χ0) is 14.7. The average molecular weight is 305 g/mol. The number of nitrogens with one attached hydrogen (secondary N) is 1. The molecule has 1 saturated heterocycles. The molecule has 0 aromatic carbocycles. The monoisotopic (exact) mass is 305 g/mol. The third kappa shape index (κ3) is 3.68. The van der Waals surface area contributed by atoms with Gasteiger partial charge in [0, 0.05) is 43.3 Å². The van der Waals surface area contributed by atoms with Crippen molar-refractivity contribution in [3.8, 4) is 0 Å². The van der Waals surface area contributed by atoms with Crippen molar-refractivity contribution >= 4 is 23.1 Å². The average Bonchev–Trinajstić information content (AvgIpc) is 3.08. The van der Waals surface area contributed by atoms with Crippen LogP contribution in [0.4, 0.5) is 11.8 Å². The Hall–Kier alpha value is -1.73. The first-order valence-corrected chi connectivity index (χ1v) is 7.99. The van der Waals surface area contributed by atoms with Crippen LogP contribution in [-0.4, -0.2) is 45.8 Å². The molecule has 3 rings (SSSR count). The fraction of sp³-hybridized carbons (Fsp3) is 0.500. The van der Waals surface area contributed by atoms with Gasteiger partial charge in [0.15, 0.2) is 0 Å². The van der Waals surface area contributed by atoms with Gasteiger partial charge in [-0.05, 0) is 19.4 Å². The summed E-state index contributed by atoms with van der Waals surface area (Å²) in [7, 11) is 0. The van der Waals surface area contributed by atoms with Gasteiger partial charge in [0.05, 0.1) is 11.1 Å². The predicted molar refractivity (Wildman–Crippen MR) is 83.9 cm³/mol. The SMILES string of the molecule is Cc1csc(CCNc2nccc(N3CC[C@@H](O)C3)n2)n1. The first-order valence-electron chi connectivity index (χ1n) is 7.11. The molecular formula is C14H19N5OS. The van der Waals surface area contributed by atoms with Crippen LogP contribution in [-0.2, 0) is 6.42 Å². The van der Waals surface area contributed by atoms with E-state index in [1.807, 2.05) is 13.0 Å². The lowest BCUT2D eigenvalue weighted by atomic mass is 10.3. The summed E-state index contributed by atoms with van der Waals surface area (Å²) in [5, 5.41) is 16.0. The Morgan fingerprint density at radius 1 is 1.48 bits per heavy atom. The van der Waals surface area contributed by atoms with Crippen LogP contribution in [0, 0.1) is 6.92 Å². The van der Waals surface area contributed by atoms with Crippen molar-refractivity contribution in [1.82, 2.24) is 15.0 Å². The maximum absolute atomic E-state index is 9.59. The standard InChI is InChI=1S/C14H19N5OS/c1-10-9-21-13(17-10)3-6-16-14-15-5-2-12(18-14)19-7-4-11(20)8-19/h2,5,9,11,20H,3-4,6-8H2,1H3,(H,15,16,18)/t11-/m1/s1. The molecule has 0 radical (unpaired) electrons. The molecule has 0 spiro atoms. The van der Waals surface area contributed by atoms with Crippen LogP contribution in [0.2, 0.25) is 0 Å². The quantitative estimate of drug-likeness (QED) is 0.871. The molecule has 21 heavy (non-hydrogen) atoms. The first kappa shape index (κ1) is 14.2. The van der Waals surface area contributed by atoms with Crippen molar-refractivity contribution in [3.05, 3.63) is 28.3 Å². The molecule has 7 heteroatoms. The Balaban J connectivity index is 1.56. The summed E-state index contributed by atoms with van der Waals surface area (Å²) in [6, 6.07) is 1.88. The molecule has 0 unspecified atom stereocenters. The number of aliphatic hydroxyl groups excluding tert-OH is 1. The maximum Gasteiger partial charge on any atom is 0.224 e. The van der Waals surface area contributed by atoms with E-state index in [0.29, 0.717) is 12.5 Å². The fourth-order valence-electron chi connectivity index (χ4n) is 2.36. The van der Waals surface area contributed by atoms with Crippen LogP contribution < -0.4 is 10.2 Å². The Morgan fingerprint density at radius 2 is 2.38 bits per heavy atom. The zero-order valence-electron chi connectivity index (χ0n) is 12.0. The number of aromatic nitrogens is 3.